The molecule has 1 N–H and O–H groups in total. The number of hydrogen-bond acceptors (Lipinski definition) is 2. The van der Waals surface area contributed by atoms with Crippen molar-refractivity contribution >= 4 is 5.69 Å². The van der Waals surface area contributed by atoms with Crippen molar-refractivity contribution in [1.82, 2.24) is 0 Å². The third kappa shape index (κ3) is 3.66. The molecule has 0 fully saturated rings. The maximum absolute atomic E-state index is 12.6. The van der Waals surface area contributed by atoms with E-state index in [-0.39, 0.29) is 11.6 Å². The molecule has 0 heterocycles. The van der Waals surface area contributed by atoms with E-state index in [0.717, 1.165) is 18.9 Å². The summed E-state index contributed by atoms with van der Waals surface area (Å²) in [6.45, 7) is 3.98. The van der Waals surface area contributed by atoms with Crippen molar-refractivity contribution in [1.29, 1.82) is 5.26 Å². The lowest BCUT2D eigenvalue weighted by atomic mass is 10.1. The Kier molecular flexibility index (Phi) is 4.60. The van der Waals surface area contributed by atoms with Crippen LogP contribution in [0, 0.1) is 11.3 Å². The van der Waals surface area contributed by atoms with Crippen LogP contribution in [-0.4, -0.2) is 6.04 Å². The lowest BCUT2D eigenvalue weighted by molar-refractivity contribution is -0.137. The summed E-state index contributed by atoms with van der Waals surface area (Å²) in [6.07, 6.45) is -2.58. The highest BCUT2D eigenvalue weighted by Crippen LogP contribution is 2.33. The molecule has 0 amide bonds. The molecule has 98 valence electrons. The van der Waals surface area contributed by atoms with Gasteiger partial charge in [-0.05, 0) is 31.5 Å². The normalized spacial score (nSPS) is 12.9. The average molecular weight is 256 g/mol. The quantitative estimate of drug-likeness (QED) is 0.877. The van der Waals surface area contributed by atoms with Crippen molar-refractivity contribution < 1.29 is 13.2 Å². The first-order valence-electron chi connectivity index (χ1n) is 5.76. The lowest BCUT2D eigenvalue weighted by Crippen LogP contribution is -2.15. The molecule has 1 atom stereocenters. The van der Waals surface area contributed by atoms with E-state index in [1.165, 1.54) is 12.1 Å². The number of anilines is 1. The number of nitrogens with zero attached hydrogens (tertiary/aromatic N) is 1. The molecule has 0 aliphatic rings. The largest absolute Gasteiger partial charge is 0.417 e. The van der Waals surface area contributed by atoms with Gasteiger partial charge in [0, 0.05) is 11.7 Å². The number of hydrogen-bond donors (Lipinski definition) is 1. The molecule has 0 bridgehead atoms. The second kappa shape index (κ2) is 5.76. The predicted octanol–water partition coefficient (Wildman–Crippen LogP) is 4.18. The van der Waals surface area contributed by atoms with Crippen LogP contribution in [0.4, 0.5) is 18.9 Å². The molecule has 0 spiro atoms. The summed E-state index contributed by atoms with van der Waals surface area (Å²) in [4.78, 5) is 0. The molecule has 2 nitrogen and oxygen atoms in total. The zero-order chi connectivity index (χ0) is 13.8. The van der Waals surface area contributed by atoms with Crippen LogP contribution in [0.15, 0.2) is 18.2 Å². The molecule has 0 aromatic heterocycles. The Balaban J connectivity index is 2.97. The number of halogens is 3. The summed E-state index contributed by atoms with van der Waals surface area (Å²) in [5, 5.41) is 11.8. The summed E-state index contributed by atoms with van der Waals surface area (Å²) >= 11 is 0. The van der Waals surface area contributed by atoms with Gasteiger partial charge >= 0.3 is 6.18 Å². The highest BCUT2D eigenvalue weighted by Gasteiger charge is 2.33. The van der Waals surface area contributed by atoms with Gasteiger partial charge in [-0.15, -0.1) is 0 Å². The molecular formula is C13H15F3N2. The number of alkyl halides is 3. The van der Waals surface area contributed by atoms with Crippen LogP contribution in [0.3, 0.4) is 0 Å². The summed E-state index contributed by atoms with van der Waals surface area (Å²) in [5.41, 5.74) is -0.699. The number of rotatable bonds is 4. The van der Waals surface area contributed by atoms with Gasteiger partial charge in [0.15, 0.2) is 0 Å². The molecule has 0 radical (unpaired) electrons. The topological polar surface area (TPSA) is 35.8 Å². The van der Waals surface area contributed by atoms with Gasteiger partial charge < -0.3 is 5.32 Å². The minimum atomic E-state index is -4.49. The molecule has 1 aromatic carbocycles. The van der Waals surface area contributed by atoms with Gasteiger partial charge in [0.2, 0.25) is 0 Å². The number of nitriles is 1. The first-order chi connectivity index (χ1) is 8.38. The van der Waals surface area contributed by atoms with Crippen LogP contribution in [0.1, 0.15) is 37.8 Å². The first-order valence-corrected chi connectivity index (χ1v) is 5.76. The monoisotopic (exact) mass is 256 g/mol. The van der Waals surface area contributed by atoms with Gasteiger partial charge in [-0.3, -0.25) is 0 Å². The van der Waals surface area contributed by atoms with Crippen molar-refractivity contribution in [3.63, 3.8) is 0 Å². The van der Waals surface area contributed by atoms with Gasteiger partial charge in [-0.2, -0.15) is 18.4 Å². The first kappa shape index (κ1) is 14.4. The third-order valence-corrected chi connectivity index (χ3v) is 2.58. The van der Waals surface area contributed by atoms with Gasteiger partial charge in [-0.1, -0.05) is 13.3 Å². The molecule has 0 aliphatic heterocycles. The van der Waals surface area contributed by atoms with E-state index in [1.54, 1.807) is 6.07 Å². The zero-order valence-corrected chi connectivity index (χ0v) is 10.3. The number of benzene rings is 1. The van der Waals surface area contributed by atoms with Crippen LogP contribution in [0.2, 0.25) is 0 Å². The van der Waals surface area contributed by atoms with Crippen LogP contribution in [-0.2, 0) is 6.18 Å². The number of nitrogens with one attached hydrogen (secondary N) is 1. The second-order valence-corrected chi connectivity index (χ2v) is 4.20. The molecule has 0 saturated heterocycles. The van der Waals surface area contributed by atoms with E-state index in [0.29, 0.717) is 5.69 Å². The molecule has 1 aromatic rings. The standard InChI is InChI=1S/C13H15F3N2/c1-3-4-9(2)18-11-5-6-12(13(14,15)16)10(7-11)8-17/h5-7,9,18H,3-4H2,1-2H3. The van der Waals surface area contributed by atoms with Crippen molar-refractivity contribution in [2.45, 2.75) is 38.9 Å². The predicted molar refractivity (Wildman–Crippen MR) is 64.2 cm³/mol. The maximum Gasteiger partial charge on any atom is 0.417 e. The fourth-order valence-electron chi connectivity index (χ4n) is 1.76. The Morgan fingerprint density at radius 1 is 1.39 bits per heavy atom. The molecule has 0 saturated carbocycles. The van der Waals surface area contributed by atoms with E-state index in [4.69, 9.17) is 5.26 Å². The maximum atomic E-state index is 12.6. The van der Waals surface area contributed by atoms with Gasteiger partial charge in [0.05, 0.1) is 17.2 Å². The van der Waals surface area contributed by atoms with Crippen LogP contribution < -0.4 is 5.32 Å². The highest BCUT2D eigenvalue weighted by molar-refractivity contribution is 5.54. The van der Waals surface area contributed by atoms with Gasteiger partial charge in [0.1, 0.15) is 0 Å². The van der Waals surface area contributed by atoms with E-state index in [2.05, 4.69) is 5.32 Å². The summed E-state index contributed by atoms with van der Waals surface area (Å²) < 4.78 is 37.7. The van der Waals surface area contributed by atoms with Crippen molar-refractivity contribution in [3.05, 3.63) is 29.3 Å². The average Bonchev–Trinajstić information content (AvgIpc) is 2.27. The van der Waals surface area contributed by atoms with E-state index >= 15 is 0 Å². The molecule has 5 heteroatoms. The Labute approximate surface area is 104 Å². The fraction of sp³-hybridized carbons (Fsp3) is 0.462. The van der Waals surface area contributed by atoms with Crippen molar-refractivity contribution in [3.8, 4) is 6.07 Å². The zero-order valence-electron chi connectivity index (χ0n) is 10.3. The van der Waals surface area contributed by atoms with E-state index < -0.39 is 11.7 Å². The van der Waals surface area contributed by atoms with E-state index in [9.17, 15) is 13.2 Å². The smallest absolute Gasteiger partial charge is 0.383 e. The summed E-state index contributed by atoms with van der Waals surface area (Å²) in [6, 6.07) is 5.30. The minimum absolute atomic E-state index is 0.165. The van der Waals surface area contributed by atoms with Crippen molar-refractivity contribution in [2.24, 2.45) is 0 Å². The summed E-state index contributed by atoms with van der Waals surface area (Å²) in [5.74, 6) is 0. The molecular weight excluding hydrogens is 241 g/mol. The Morgan fingerprint density at radius 2 is 2.06 bits per heavy atom. The second-order valence-electron chi connectivity index (χ2n) is 4.20. The minimum Gasteiger partial charge on any atom is -0.383 e. The lowest BCUT2D eigenvalue weighted by Gasteiger charge is -2.16. The molecule has 18 heavy (non-hydrogen) atoms. The molecule has 0 aliphatic carbocycles. The Morgan fingerprint density at radius 3 is 2.56 bits per heavy atom. The van der Waals surface area contributed by atoms with Crippen LogP contribution in [0.5, 0.6) is 0 Å². The van der Waals surface area contributed by atoms with Crippen molar-refractivity contribution in [2.75, 3.05) is 5.32 Å². The fourth-order valence-corrected chi connectivity index (χ4v) is 1.76. The van der Waals surface area contributed by atoms with Crippen LogP contribution in [0.25, 0.3) is 0 Å². The molecule has 1 unspecified atom stereocenters. The van der Waals surface area contributed by atoms with E-state index in [1.807, 2.05) is 13.8 Å². The molecule has 1 rings (SSSR count). The highest BCUT2D eigenvalue weighted by atomic mass is 19.4. The SMILES string of the molecule is CCCC(C)Nc1ccc(C(F)(F)F)c(C#N)c1. The van der Waals surface area contributed by atoms with Gasteiger partial charge in [-0.25, -0.2) is 0 Å². The summed E-state index contributed by atoms with van der Waals surface area (Å²) in [7, 11) is 0. The van der Waals surface area contributed by atoms with Crippen LogP contribution >= 0.6 is 0 Å². The Hall–Kier alpha value is -1.70. The van der Waals surface area contributed by atoms with Gasteiger partial charge in [0.25, 0.3) is 0 Å². The Bertz CT molecular complexity index is 447. The third-order valence-electron chi connectivity index (χ3n) is 2.58.